The van der Waals surface area contributed by atoms with Crippen molar-refractivity contribution < 1.29 is 19.1 Å². The lowest BCUT2D eigenvalue weighted by Gasteiger charge is -2.26. The number of nitrogens with zero attached hydrogens (tertiary/aromatic N) is 1. The van der Waals surface area contributed by atoms with Crippen LogP contribution in [-0.4, -0.2) is 50.1 Å². The van der Waals surface area contributed by atoms with Gasteiger partial charge >= 0.3 is 0 Å². The van der Waals surface area contributed by atoms with Gasteiger partial charge in [0.25, 0.3) is 5.91 Å². The molecule has 0 radical (unpaired) electrons. The zero-order valence-electron chi connectivity index (χ0n) is 16.6. The van der Waals surface area contributed by atoms with E-state index in [1.165, 1.54) is 4.88 Å². The summed E-state index contributed by atoms with van der Waals surface area (Å²) in [5, 5.41) is 3.05. The minimum atomic E-state index is -0.0573. The van der Waals surface area contributed by atoms with Gasteiger partial charge in [-0.3, -0.25) is 9.59 Å². The summed E-state index contributed by atoms with van der Waals surface area (Å²) in [6, 6.07) is 9.71. The van der Waals surface area contributed by atoms with Crippen LogP contribution in [0.15, 0.2) is 30.3 Å². The first kappa shape index (κ1) is 19.9. The molecule has 1 atom stereocenters. The summed E-state index contributed by atoms with van der Waals surface area (Å²) in [6.45, 7) is 2.96. The molecular formula is C22H26N2O4S. The number of morpholine rings is 1. The highest BCUT2D eigenvalue weighted by molar-refractivity contribution is 7.14. The lowest BCUT2D eigenvalue weighted by Crippen LogP contribution is -2.40. The van der Waals surface area contributed by atoms with Gasteiger partial charge in [0, 0.05) is 36.0 Å². The number of hydrogen-bond donors (Lipinski definition) is 1. The van der Waals surface area contributed by atoms with Gasteiger partial charge in [0.2, 0.25) is 5.91 Å². The van der Waals surface area contributed by atoms with E-state index in [4.69, 9.17) is 9.47 Å². The van der Waals surface area contributed by atoms with Gasteiger partial charge in [-0.2, -0.15) is 0 Å². The molecule has 0 saturated carbocycles. The van der Waals surface area contributed by atoms with Crippen LogP contribution in [0.3, 0.4) is 0 Å². The van der Waals surface area contributed by atoms with E-state index < -0.39 is 0 Å². The lowest BCUT2D eigenvalue weighted by atomic mass is 9.87. The molecule has 1 aromatic heterocycles. The molecule has 1 N–H and O–H groups in total. The number of carbonyl (C=O) groups is 2. The monoisotopic (exact) mass is 414 g/mol. The Morgan fingerprint density at radius 2 is 2.07 bits per heavy atom. The quantitative estimate of drug-likeness (QED) is 0.817. The van der Waals surface area contributed by atoms with Crippen molar-refractivity contribution in [2.24, 2.45) is 5.92 Å². The number of fused-ring (bicyclic) bond motifs is 1. The van der Waals surface area contributed by atoms with Gasteiger partial charge in [-0.05, 0) is 37.0 Å². The topological polar surface area (TPSA) is 67.9 Å². The molecule has 2 heterocycles. The van der Waals surface area contributed by atoms with E-state index in [1.54, 1.807) is 18.4 Å². The highest BCUT2D eigenvalue weighted by Gasteiger charge is 2.29. The number of hydrogen-bond acceptors (Lipinski definition) is 5. The van der Waals surface area contributed by atoms with E-state index >= 15 is 0 Å². The Hall–Kier alpha value is -2.38. The number of aryl methyl sites for hydroxylation is 1. The number of para-hydroxylation sites is 1. The molecule has 1 saturated heterocycles. The minimum absolute atomic E-state index is 0.0573. The number of amides is 2. The van der Waals surface area contributed by atoms with Crippen molar-refractivity contribution in [3.8, 4) is 5.75 Å². The second-order valence-corrected chi connectivity index (χ2v) is 8.57. The van der Waals surface area contributed by atoms with Gasteiger partial charge in [-0.1, -0.05) is 18.2 Å². The Morgan fingerprint density at radius 3 is 2.86 bits per heavy atom. The average Bonchev–Trinajstić information content (AvgIpc) is 3.21. The van der Waals surface area contributed by atoms with Crippen molar-refractivity contribution in [1.82, 2.24) is 10.2 Å². The Morgan fingerprint density at radius 1 is 1.28 bits per heavy atom. The first-order valence-electron chi connectivity index (χ1n) is 10.0. The van der Waals surface area contributed by atoms with E-state index in [2.05, 4.69) is 5.32 Å². The maximum atomic E-state index is 12.7. The van der Waals surface area contributed by atoms with Crippen LogP contribution in [0.25, 0.3) is 0 Å². The van der Waals surface area contributed by atoms with Crippen molar-refractivity contribution in [3.05, 3.63) is 51.2 Å². The van der Waals surface area contributed by atoms with E-state index in [9.17, 15) is 9.59 Å². The van der Waals surface area contributed by atoms with Crippen molar-refractivity contribution >= 4 is 23.2 Å². The summed E-state index contributed by atoms with van der Waals surface area (Å²) in [4.78, 5) is 29.4. The number of methoxy groups -OCH3 is 1. The largest absolute Gasteiger partial charge is 0.496 e. The van der Waals surface area contributed by atoms with Gasteiger partial charge < -0.3 is 19.7 Å². The third-order valence-electron chi connectivity index (χ3n) is 5.61. The van der Waals surface area contributed by atoms with Crippen LogP contribution in [0.1, 0.15) is 32.1 Å². The first-order chi connectivity index (χ1) is 14.2. The van der Waals surface area contributed by atoms with Gasteiger partial charge in [-0.25, -0.2) is 0 Å². The summed E-state index contributed by atoms with van der Waals surface area (Å²) >= 11 is 1.59. The predicted octanol–water partition coefficient (Wildman–Crippen LogP) is 2.65. The molecule has 7 heteroatoms. The van der Waals surface area contributed by atoms with Gasteiger partial charge in [0.1, 0.15) is 5.75 Å². The summed E-state index contributed by atoms with van der Waals surface area (Å²) in [7, 11) is 1.63. The lowest BCUT2D eigenvalue weighted by molar-refractivity contribution is -0.125. The van der Waals surface area contributed by atoms with Crippen molar-refractivity contribution in [2.45, 2.75) is 25.8 Å². The van der Waals surface area contributed by atoms with Gasteiger partial charge in [0.05, 0.1) is 25.2 Å². The number of benzene rings is 1. The molecule has 0 spiro atoms. The second-order valence-electron chi connectivity index (χ2n) is 7.43. The predicted molar refractivity (Wildman–Crippen MR) is 111 cm³/mol. The fourth-order valence-electron chi connectivity index (χ4n) is 3.95. The molecule has 0 unspecified atom stereocenters. The van der Waals surface area contributed by atoms with Crippen LogP contribution in [0.2, 0.25) is 0 Å². The van der Waals surface area contributed by atoms with Crippen LogP contribution in [0.4, 0.5) is 0 Å². The molecule has 2 aliphatic rings. The van der Waals surface area contributed by atoms with Gasteiger partial charge in [0.15, 0.2) is 0 Å². The summed E-state index contributed by atoms with van der Waals surface area (Å²) in [5.74, 6) is 0.875. The maximum Gasteiger partial charge on any atom is 0.264 e. The molecule has 1 aliphatic carbocycles. The fraction of sp³-hybridized carbons (Fsp3) is 0.455. The molecule has 1 aliphatic heterocycles. The Balaban J connectivity index is 1.37. The summed E-state index contributed by atoms with van der Waals surface area (Å²) < 4.78 is 10.7. The van der Waals surface area contributed by atoms with E-state index in [0.717, 1.165) is 34.6 Å². The van der Waals surface area contributed by atoms with Crippen LogP contribution in [0, 0.1) is 5.92 Å². The number of ether oxygens (including phenoxy) is 2. The van der Waals surface area contributed by atoms with E-state index in [-0.39, 0.29) is 17.7 Å². The Labute approximate surface area is 174 Å². The second kappa shape index (κ2) is 8.97. The molecule has 6 nitrogen and oxygen atoms in total. The minimum Gasteiger partial charge on any atom is -0.496 e. The zero-order valence-corrected chi connectivity index (χ0v) is 17.4. The van der Waals surface area contributed by atoms with Crippen LogP contribution >= 0.6 is 11.3 Å². The summed E-state index contributed by atoms with van der Waals surface area (Å²) in [5.41, 5.74) is 2.11. The molecule has 2 amide bonds. The number of carbonyl (C=O) groups excluding carboxylic acids is 2. The summed E-state index contributed by atoms with van der Waals surface area (Å²) in [6.07, 6.45) is 2.36. The third kappa shape index (κ3) is 4.46. The van der Waals surface area contributed by atoms with Crippen molar-refractivity contribution in [3.63, 3.8) is 0 Å². The number of thiophene rings is 1. The van der Waals surface area contributed by atoms with E-state index in [0.29, 0.717) is 39.3 Å². The van der Waals surface area contributed by atoms with E-state index in [1.807, 2.05) is 35.2 Å². The Bertz CT molecular complexity index is 889. The molecule has 2 aromatic rings. The SMILES string of the molecule is COc1ccccc1CNC(=O)[C@H]1CCc2sc(C(=O)N3CCOCC3)cc2C1. The zero-order chi connectivity index (χ0) is 20.2. The maximum absolute atomic E-state index is 12.7. The third-order valence-corrected chi connectivity index (χ3v) is 6.83. The van der Waals surface area contributed by atoms with Crippen molar-refractivity contribution in [2.75, 3.05) is 33.4 Å². The Kier molecular flexibility index (Phi) is 6.16. The first-order valence-corrected chi connectivity index (χ1v) is 10.9. The standard InChI is InChI=1S/C22H26N2O4S/c1-27-18-5-3-2-4-16(18)14-23-21(25)15-6-7-19-17(12-15)13-20(29-19)22(26)24-8-10-28-11-9-24/h2-5,13,15H,6-12,14H2,1H3,(H,23,25)/t15-/m0/s1. The smallest absolute Gasteiger partial charge is 0.264 e. The molecule has 1 aromatic carbocycles. The van der Waals surface area contributed by atoms with Gasteiger partial charge in [-0.15, -0.1) is 11.3 Å². The van der Waals surface area contributed by atoms with Crippen LogP contribution in [0.5, 0.6) is 5.75 Å². The fourth-order valence-corrected chi connectivity index (χ4v) is 5.13. The highest BCUT2D eigenvalue weighted by atomic mass is 32.1. The van der Waals surface area contributed by atoms with Crippen LogP contribution < -0.4 is 10.1 Å². The normalized spacial score (nSPS) is 18.8. The van der Waals surface area contributed by atoms with Crippen LogP contribution in [-0.2, 0) is 28.9 Å². The van der Waals surface area contributed by atoms with Crippen molar-refractivity contribution in [1.29, 1.82) is 0 Å². The molecule has 29 heavy (non-hydrogen) atoms. The molecule has 4 rings (SSSR count). The molecule has 1 fully saturated rings. The molecule has 154 valence electrons. The number of nitrogens with one attached hydrogen (secondary N) is 1. The molecular weight excluding hydrogens is 388 g/mol. The molecule has 0 bridgehead atoms. The highest BCUT2D eigenvalue weighted by Crippen LogP contribution is 2.33. The number of rotatable bonds is 5. The average molecular weight is 415 g/mol.